The van der Waals surface area contributed by atoms with Gasteiger partial charge in [-0.3, -0.25) is 4.98 Å². The highest BCUT2D eigenvalue weighted by atomic mass is 16.5. The lowest BCUT2D eigenvalue weighted by Gasteiger charge is -2.18. The predicted molar refractivity (Wildman–Crippen MR) is 113 cm³/mol. The first-order chi connectivity index (χ1) is 13.7. The molecule has 3 rings (SSSR count). The molecule has 0 saturated heterocycles. The molecule has 1 aromatic heterocycles. The van der Waals surface area contributed by atoms with Crippen LogP contribution in [0, 0.1) is 13.8 Å². The maximum absolute atomic E-state index is 6.01. The van der Waals surface area contributed by atoms with Crippen molar-refractivity contribution in [1.82, 2.24) is 4.98 Å². The van der Waals surface area contributed by atoms with Crippen molar-refractivity contribution in [2.24, 2.45) is 0 Å². The Morgan fingerprint density at radius 1 is 0.786 bits per heavy atom. The molecular weight excluding hydrogens is 350 g/mol. The first-order valence-corrected chi connectivity index (χ1v) is 10.5. The number of methoxy groups -OCH3 is 1. The van der Waals surface area contributed by atoms with Gasteiger partial charge >= 0.3 is 0 Å². The number of nitrogens with zero attached hydrogens (tertiary/aromatic N) is 1. The van der Waals surface area contributed by atoms with E-state index in [2.05, 4.69) is 31.0 Å². The van der Waals surface area contributed by atoms with Crippen LogP contribution in [0.3, 0.4) is 0 Å². The Labute approximate surface area is 169 Å². The highest BCUT2D eigenvalue weighted by molar-refractivity contribution is 5.72. The molecule has 4 heteroatoms. The average molecular weight is 384 g/mol. The number of rotatable bonds is 2. The molecule has 0 aliphatic carbocycles. The van der Waals surface area contributed by atoms with Crippen molar-refractivity contribution < 1.29 is 14.2 Å². The van der Waals surface area contributed by atoms with Gasteiger partial charge in [0.1, 0.15) is 5.75 Å². The number of hydrogen-bond acceptors (Lipinski definition) is 4. The van der Waals surface area contributed by atoms with Gasteiger partial charge in [0.25, 0.3) is 0 Å². The molecule has 0 N–H and O–H groups in total. The first-order valence-electron chi connectivity index (χ1n) is 10.5. The van der Waals surface area contributed by atoms with Crippen molar-refractivity contribution in [3.05, 3.63) is 46.8 Å². The highest BCUT2D eigenvalue weighted by Gasteiger charge is 2.16. The van der Waals surface area contributed by atoms with Crippen LogP contribution in [-0.4, -0.2) is 25.3 Å². The van der Waals surface area contributed by atoms with Crippen LogP contribution in [0.1, 0.15) is 60.8 Å². The van der Waals surface area contributed by atoms with E-state index in [1.807, 2.05) is 12.4 Å². The van der Waals surface area contributed by atoms with E-state index >= 15 is 0 Å². The lowest BCUT2D eigenvalue weighted by atomic mass is 9.94. The van der Waals surface area contributed by atoms with Crippen molar-refractivity contribution in [1.29, 1.82) is 0 Å². The molecule has 0 atom stereocenters. The predicted octanol–water partition coefficient (Wildman–Crippen LogP) is 5.76. The SMILES string of the molecule is COc1c2cc(-c3c(C)cncc3C)cc1COCCCCCCCCOC2. The Bertz CT molecular complexity index is 717. The number of ether oxygens (including phenoxy) is 3. The smallest absolute Gasteiger partial charge is 0.129 e. The average Bonchev–Trinajstić information content (AvgIpc) is 2.68. The molecule has 2 heterocycles. The number of pyridine rings is 1. The number of benzene rings is 1. The summed E-state index contributed by atoms with van der Waals surface area (Å²) >= 11 is 0. The molecule has 0 saturated carbocycles. The minimum atomic E-state index is 0.563. The Kier molecular flexibility index (Phi) is 7.87. The van der Waals surface area contributed by atoms with Crippen LogP contribution in [0.2, 0.25) is 0 Å². The fourth-order valence-electron chi connectivity index (χ4n) is 4.01. The summed E-state index contributed by atoms with van der Waals surface area (Å²) in [6.07, 6.45) is 11.1. The van der Waals surface area contributed by atoms with Gasteiger partial charge in [-0.2, -0.15) is 0 Å². The second kappa shape index (κ2) is 10.6. The lowest BCUT2D eigenvalue weighted by Crippen LogP contribution is -2.04. The van der Waals surface area contributed by atoms with E-state index in [0.717, 1.165) is 42.9 Å². The quantitative estimate of drug-likeness (QED) is 0.661. The van der Waals surface area contributed by atoms with Crippen LogP contribution in [0.5, 0.6) is 5.75 Å². The van der Waals surface area contributed by atoms with Crippen molar-refractivity contribution >= 4 is 0 Å². The number of hydrogen-bond donors (Lipinski definition) is 0. The van der Waals surface area contributed by atoms with Gasteiger partial charge in [-0.05, 0) is 61.1 Å². The van der Waals surface area contributed by atoms with Crippen molar-refractivity contribution in [2.45, 2.75) is 65.6 Å². The van der Waals surface area contributed by atoms with Crippen LogP contribution in [0.4, 0.5) is 0 Å². The van der Waals surface area contributed by atoms with Crippen LogP contribution in [0.15, 0.2) is 24.5 Å². The molecule has 4 nitrogen and oxygen atoms in total. The minimum absolute atomic E-state index is 0.563. The van der Waals surface area contributed by atoms with Crippen LogP contribution < -0.4 is 4.74 Å². The molecule has 0 unspecified atom stereocenters. The molecule has 2 bridgehead atoms. The Morgan fingerprint density at radius 3 is 1.79 bits per heavy atom. The molecule has 28 heavy (non-hydrogen) atoms. The zero-order chi connectivity index (χ0) is 19.8. The van der Waals surface area contributed by atoms with E-state index in [4.69, 9.17) is 14.2 Å². The van der Waals surface area contributed by atoms with Crippen LogP contribution in [-0.2, 0) is 22.7 Å². The minimum Gasteiger partial charge on any atom is -0.496 e. The third-order valence-electron chi connectivity index (χ3n) is 5.40. The van der Waals surface area contributed by atoms with Crippen molar-refractivity contribution in [2.75, 3.05) is 20.3 Å². The Balaban J connectivity index is 1.97. The monoisotopic (exact) mass is 383 g/mol. The highest BCUT2D eigenvalue weighted by Crippen LogP contribution is 2.35. The van der Waals surface area contributed by atoms with Crippen LogP contribution >= 0.6 is 0 Å². The fourth-order valence-corrected chi connectivity index (χ4v) is 4.01. The van der Waals surface area contributed by atoms with E-state index in [1.54, 1.807) is 7.11 Å². The summed E-state index contributed by atoms with van der Waals surface area (Å²) in [6.45, 7) is 6.95. The van der Waals surface area contributed by atoms with Gasteiger partial charge in [0.2, 0.25) is 0 Å². The second-order valence-corrected chi connectivity index (χ2v) is 7.70. The maximum Gasteiger partial charge on any atom is 0.129 e. The summed E-state index contributed by atoms with van der Waals surface area (Å²) in [6, 6.07) is 4.41. The van der Waals surface area contributed by atoms with Crippen molar-refractivity contribution in [3.63, 3.8) is 0 Å². The topological polar surface area (TPSA) is 40.6 Å². The third kappa shape index (κ3) is 5.33. The molecule has 0 fully saturated rings. The summed E-state index contributed by atoms with van der Waals surface area (Å²) in [5.41, 5.74) is 6.94. The lowest BCUT2D eigenvalue weighted by molar-refractivity contribution is 0.112. The zero-order valence-electron chi connectivity index (χ0n) is 17.6. The zero-order valence-corrected chi connectivity index (χ0v) is 17.6. The second-order valence-electron chi connectivity index (χ2n) is 7.70. The standard InChI is InChI=1S/C24H33NO3/c1-18-14-25-15-19(2)23(18)20-12-21-16-27-10-8-6-4-5-7-9-11-28-17-22(13-20)24(21)26-3/h12-15H,4-11,16-17H2,1-3H3. The van der Waals surface area contributed by atoms with E-state index in [1.165, 1.54) is 47.9 Å². The molecule has 1 aromatic carbocycles. The van der Waals surface area contributed by atoms with Crippen molar-refractivity contribution in [3.8, 4) is 16.9 Å². The van der Waals surface area contributed by atoms with E-state index < -0.39 is 0 Å². The Morgan fingerprint density at radius 2 is 1.29 bits per heavy atom. The number of aryl methyl sites for hydroxylation is 2. The third-order valence-corrected chi connectivity index (χ3v) is 5.40. The largest absolute Gasteiger partial charge is 0.496 e. The molecule has 0 spiro atoms. The molecule has 1 aliphatic heterocycles. The molecule has 2 aromatic rings. The Hall–Kier alpha value is -1.91. The number of fused-ring (bicyclic) bond motifs is 2. The summed E-state index contributed by atoms with van der Waals surface area (Å²) in [7, 11) is 1.74. The van der Waals surface area contributed by atoms with Crippen LogP contribution in [0.25, 0.3) is 11.1 Å². The molecule has 1 aliphatic rings. The van der Waals surface area contributed by atoms with Gasteiger partial charge in [0, 0.05) is 36.7 Å². The fraction of sp³-hybridized carbons (Fsp3) is 0.542. The molecular formula is C24H33NO3. The van der Waals surface area contributed by atoms with Gasteiger partial charge in [-0.1, -0.05) is 25.7 Å². The summed E-state index contributed by atoms with van der Waals surface area (Å²) in [4.78, 5) is 4.32. The summed E-state index contributed by atoms with van der Waals surface area (Å²) < 4.78 is 17.8. The molecule has 152 valence electrons. The van der Waals surface area contributed by atoms with Gasteiger partial charge in [-0.15, -0.1) is 0 Å². The summed E-state index contributed by atoms with van der Waals surface area (Å²) in [5, 5.41) is 0. The van der Waals surface area contributed by atoms with Gasteiger partial charge in [0.15, 0.2) is 0 Å². The summed E-state index contributed by atoms with van der Waals surface area (Å²) in [5.74, 6) is 0.892. The maximum atomic E-state index is 6.01. The number of aromatic nitrogens is 1. The van der Waals surface area contributed by atoms with Gasteiger partial charge in [0.05, 0.1) is 20.3 Å². The van der Waals surface area contributed by atoms with E-state index in [9.17, 15) is 0 Å². The first kappa shape index (κ1) is 20.8. The van der Waals surface area contributed by atoms with E-state index in [-0.39, 0.29) is 0 Å². The van der Waals surface area contributed by atoms with Gasteiger partial charge < -0.3 is 14.2 Å². The van der Waals surface area contributed by atoms with Gasteiger partial charge in [-0.25, -0.2) is 0 Å². The molecule has 0 amide bonds. The van der Waals surface area contributed by atoms with E-state index in [0.29, 0.717) is 13.2 Å². The molecule has 0 radical (unpaired) electrons. The normalized spacial score (nSPS) is 16.8.